The van der Waals surface area contributed by atoms with E-state index in [1.54, 1.807) is 6.07 Å². The van der Waals surface area contributed by atoms with E-state index in [1.165, 1.54) is 31.4 Å². The number of nitrogens with zero attached hydrogens (tertiary/aromatic N) is 1. The van der Waals surface area contributed by atoms with Crippen molar-refractivity contribution in [3.05, 3.63) is 55.0 Å². The fourth-order valence-corrected chi connectivity index (χ4v) is 3.27. The molecule has 0 aliphatic rings. The van der Waals surface area contributed by atoms with E-state index in [4.69, 9.17) is 32.7 Å². The Morgan fingerprint density at radius 3 is 2.64 bits per heavy atom. The zero-order valence-corrected chi connectivity index (χ0v) is 15.8. The minimum absolute atomic E-state index is 0.159. The number of carbonyl (C=O) groups excluding carboxylic acids is 1. The molecule has 0 atom stereocenters. The fourth-order valence-electron chi connectivity index (χ4n) is 1.90. The Labute approximate surface area is 161 Å². The number of halogens is 3. The lowest BCUT2D eigenvalue weighted by Gasteiger charge is -2.12. The Balaban J connectivity index is 2.11. The van der Waals surface area contributed by atoms with Crippen molar-refractivity contribution in [2.75, 3.05) is 19.0 Å². The van der Waals surface area contributed by atoms with Crippen LogP contribution in [-0.4, -0.2) is 24.5 Å². The maximum absolute atomic E-state index is 12.1. The number of hydrogen-bond acceptors (Lipinski definition) is 5. The van der Waals surface area contributed by atoms with Crippen molar-refractivity contribution in [3.8, 4) is 11.5 Å². The maximum Gasteiger partial charge on any atom is 0.271 e. The number of anilines is 1. The Morgan fingerprint density at radius 1 is 1.32 bits per heavy atom. The van der Waals surface area contributed by atoms with E-state index in [2.05, 4.69) is 21.2 Å². The second kappa shape index (κ2) is 8.37. The van der Waals surface area contributed by atoms with Gasteiger partial charge in [-0.05, 0) is 34.1 Å². The lowest BCUT2D eigenvalue weighted by Crippen LogP contribution is -2.20. The van der Waals surface area contributed by atoms with Crippen LogP contribution in [0.5, 0.6) is 11.5 Å². The third-order valence-corrected chi connectivity index (χ3v) is 4.07. The van der Waals surface area contributed by atoms with Crippen molar-refractivity contribution >= 4 is 56.4 Å². The van der Waals surface area contributed by atoms with E-state index < -0.39 is 10.8 Å². The van der Waals surface area contributed by atoms with Gasteiger partial charge in [0, 0.05) is 17.2 Å². The number of nitrogens with one attached hydrogen (secondary N) is 1. The molecule has 25 heavy (non-hydrogen) atoms. The predicted octanol–water partition coefficient (Wildman–Crippen LogP) is 4.69. The van der Waals surface area contributed by atoms with Gasteiger partial charge in [0.25, 0.3) is 11.6 Å². The molecule has 7 nitrogen and oxygen atoms in total. The molecular formula is C15H11BrCl2N2O5. The van der Waals surface area contributed by atoms with E-state index in [9.17, 15) is 14.9 Å². The van der Waals surface area contributed by atoms with Gasteiger partial charge >= 0.3 is 0 Å². The first-order chi connectivity index (χ1) is 11.8. The standard InChI is InChI=1S/C15H11BrCl2N2O5/c1-24-13-3-2-9(20(22)23)6-12(13)19-14(21)7-25-15-10(16)4-8(17)5-11(15)18/h2-6H,7H2,1H3,(H,19,21). The first-order valence-corrected chi connectivity index (χ1v) is 8.26. The van der Waals surface area contributed by atoms with Crippen LogP contribution in [0.1, 0.15) is 0 Å². The van der Waals surface area contributed by atoms with Crippen LogP contribution in [0.15, 0.2) is 34.8 Å². The highest BCUT2D eigenvalue weighted by molar-refractivity contribution is 9.10. The van der Waals surface area contributed by atoms with E-state index in [1.807, 2.05) is 0 Å². The van der Waals surface area contributed by atoms with Gasteiger partial charge < -0.3 is 14.8 Å². The lowest BCUT2D eigenvalue weighted by molar-refractivity contribution is -0.384. The number of nitro groups is 1. The molecule has 0 aromatic heterocycles. The summed E-state index contributed by atoms with van der Waals surface area (Å²) in [6, 6.07) is 6.91. The molecule has 1 N–H and O–H groups in total. The van der Waals surface area contributed by atoms with Gasteiger partial charge in [-0.3, -0.25) is 14.9 Å². The summed E-state index contributed by atoms with van der Waals surface area (Å²) >= 11 is 15.1. The molecular weight excluding hydrogens is 439 g/mol. The molecule has 2 aromatic rings. The highest BCUT2D eigenvalue weighted by Crippen LogP contribution is 2.36. The Kier molecular flexibility index (Phi) is 6.46. The van der Waals surface area contributed by atoms with Crippen LogP contribution < -0.4 is 14.8 Å². The van der Waals surface area contributed by atoms with Crippen LogP contribution in [0, 0.1) is 10.1 Å². The van der Waals surface area contributed by atoms with Crippen molar-refractivity contribution in [3.63, 3.8) is 0 Å². The number of carbonyl (C=O) groups is 1. The second-order valence-electron chi connectivity index (χ2n) is 4.68. The Hall–Kier alpha value is -2.03. The SMILES string of the molecule is COc1ccc([N+](=O)[O-])cc1NC(=O)COc1c(Cl)cc(Cl)cc1Br. The third kappa shape index (κ3) is 4.97. The van der Waals surface area contributed by atoms with Crippen LogP contribution in [0.4, 0.5) is 11.4 Å². The van der Waals surface area contributed by atoms with Crippen LogP contribution in [0.25, 0.3) is 0 Å². The van der Waals surface area contributed by atoms with Crippen LogP contribution in [-0.2, 0) is 4.79 Å². The number of nitro benzene ring substituents is 1. The predicted molar refractivity (Wildman–Crippen MR) is 97.9 cm³/mol. The number of rotatable bonds is 6. The molecule has 0 saturated heterocycles. The molecule has 0 radical (unpaired) electrons. The molecule has 2 rings (SSSR count). The number of ether oxygens (including phenoxy) is 2. The quantitative estimate of drug-likeness (QED) is 0.510. The van der Waals surface area contributed by atoms with Crippen molar-refractivity contribution in [1.29, 1.82) is 0 Å². The first-order valence-electron chi connectivity index (χ1n) is 6.71. The summed E-state index contributed by atoms with van der Waals surface area (Å²) < 4.78 is 10.9. The topological polar surface area (TPSA) is 90.7 Å². The summed E-state index contributed by atoms with van der Waals surface area (Å²) in [6.07, 6.45) is 0. The summed E-state index contributed by atoms with van der Waals surface area (Å²) in [4.78, 5) is 22.4. The molecule has 0 fully saturated rings. The zero-order chi connectivity index (χ0) is 18.6. The molecule has 132 valence electrons. The minimum Gasteiger partial charge on any atom is -0.495 e. The molecule has 1 amide bonds. The number of methoxy groups -OCH3 is 1. The van der Waals surface area contributed by atoms with Gasteiger partial charge in [0.15, 0.2) is 12.4 Å². The molecule has 0 saturated carbocycles. The van der Waals surface area contributed by atoms with Crippen molar-refractivity contribution in [1.82, 2.24) is 0 Å². The highest BCUT2D eigenvalue weighted by atomic mass is 79.9. The number of non-ortho nitro benzene ring substituents is 1. The highest BCUT2D eigenvalue weighted by Gasteiger charge is 2.15. The van der Waals surface area contributed by atoms with Gasteiger partial charge in [0.2, 0.25) is 0 Å². The molecule has 0 aliphatic carbocycles. The van der Waals surface area contributed by atoms with E-state index in [0.29, 0.717) is 9.50 Å². The van der Waals surface area contributed by atoms with Crippen LogP contribution in [0.2, 0.25) is 10.0 Å². The van der Waals surface area contributed by atoms with Gasteiger partial charge in [-0.1, -0.05) is 23.2 Å². The molecule has 0 aliphatic heterocycles. The van der Waals surface area contributed by atoms with Gasteiger partial charge in [-0.2, -0.15) is 0 Å². The van der Waals surface area contributed by atoms with E-state index >= 15 is 0 Å². The van der Waals surface area contributed by atoms with Crippen LogP contribution >= 0.6 is 39.1 Å². The summed E-state index contributed by atoms with van der Waals surface area (Å²) in [6.45, 7) is -0.369. The van der Waals surface area contributed by atoms with Gasteiger partial charge in [-0.25, -0.2) is 0 Å². The summed E-state index contributed by atoms with van der Waals surface area (Å²) in [5.74, 6) is -0.00593. The Bertz CT molecular complexity index is 809. The van der Waals surface area contributed by atoms with Gasteiger partial charge in [0.1, 0.15) is 5.75 Å². The van der Waals surface area contributed by atoms with Crippen molar-refractivity contribution in [2.24, 2.45) is 0 Å². The number of hydrogen-bond donors (Lipinski definition) is 1. The summed E-state index contributed by atoms with van der Waals surface area (Å²) in [5.41, 5.74) is -0.0212. The number of benzene rings is 2. The maximum atomic E-state index is 12.1. The first kappa shape index (κ1) is 19.3. The second-order valence-corrected chi connectivity index (χ2v) is 6.38. The smallest absolute Gasteiger partial charge is 0.271 e. The average molecular weight is 450 g/mol. The fraction of sp³-hybridized carbons (Fsp3) is 0.133. The van der Waals surface area contributed by atoms with Gasteiger partial charge in [0.05, 0.1) is 27.2 Å². The third-order valence-electron chi connectivity index (χ3n) is 2.98. The summed E-state index contributed by atoms with van der Waals surface area (Å²) in [5, 5.41) is 14.0. The van der Waals surface area contributed by atoms with Crippen LogP contribution in [0.3, 0.4) is 0 Å². The van der Waals surface area contributed by atoms with E-state index in [-0.39, 0.29) is 34.5 Å². The molecule has 0 spiro atoms. The summed E-state index contributed by atoms with van der Waals surface area (Å²) in [7, 11) is 1.39. The molecule has 0 unspecified atom stereocenters. The van der Waals surface area contributed by atoms with Crippen molar-refractivity contribution in [2.45, 2.75) is 0 Å². The molecule has 10 heteroatoms. The minimum atomic E-state index is -0.573. The monoisotopic (exact) mass is 448 g/mol. The Morgan fingerprint density at radius 2 is 2.04 bits per heavy atom. The zero-order valence-electron chi connectivity index (χ0n) is 12.7. The molecule has 2 aromatic carbocycles. The van der Waals surface area contributed by atoms with Crippen molar-refractivity contribution < 1.29 is 19.2 Å². The normalized spacial score (nSPS) is 10.2. The lowest BCUT2D eigenvalue weighted by atomic mass is 10.2. The van der Waals surface area contributed by atoms with Gasteiger partial charge in [-0.15, -0.1) is 0 Å². The average Bonchev–Trinajstić information content (AvgIpc) is 2.53. The largest absolute Gasteiger partial charge is 0.495 e. The van der Waals surface area contributed by atoms with E-state index in [0.717, 1.165) is 0 Å². The molecule has 0 bridgehead atoms. The number of amides is 1. The molecule has 0 heterocycles.